The number of carbonyl (C=O) groups is 1. The van der Waals surface area contributed by atoms with Crippen LogP contribution in [0.15, 0.2) is 24.4 Å². The molecule has 2 aromatic rings. The van der Waals surface area contributed by atoms with Crippen LogP contribution in [0.5, 0.6) is 0 Å². The summed E-state index contributed by atoms with van der Waals surface area (Å²) in [7, 11) is 0. The van der Waals surface area contributed by atoms with Crippen LogP contribution in [0.3, 0.4) is 0 Å². The van der Waals surface area contributed by atoms with Gasteiger partial charge >= 0.3 is 0 Å². The third kappa shape index (κ3) is 2.91. The molecule has 3 N–H and O–H groups in total. The number of nitrogens with zero attached hydrogens (tertiary/aromatic N) is 2. The minimum Gasteiger partial charge on any atom is -0.346 e. The quantitative estimate of drug-likeness (QED) is 0.868. The summed E-state index contributed by atoms with van der Waals surface area (Å²) in [5.41, 5.74) is 7.05. The Kier molecular flexibility index (Phi) is 4.01. The van der Waals surface area contributed by atoms with E-state index in [-0.39, 0.29) is 5.91 Å². The van der Waals surface area contributed by atoms with Crippen LogP contribution in [0.4, 0.5) is 0 Å². The average molecular weight is 262 g/mol. The average Bonchev–Trinajstić information content (AvgIpc) is 2.78. The highest BCUT2D eigenvalue weighted by Crippen LogP contribution is 2.17. The topological polar surface area (TPSA) is 80.9 Å². The number of nitrogens with one attached hydrogen (secondary N) is 1. The standard InChI is InChI=1S/C12H14N4OS/c1-8-11(18-10(6-13)16-8)12(17)15-7-9-4-2-3-5-14-9/h2-5H,6-7,13H2,1H3,(H,15,17). The summed E-state index contributed by atoms with van der Waals surface area (Å²) in [6.45, 7) is 2.58. The molecule has 1 amide bonds. The van der Waals surface area contributed by atoms with E-state index in [4.69, 9.17) is 5.73 Å². The highest BCUT2D eigenvalue weighted by Gasteiger charge is 2.14. The Bertz CT molecular complexity index is 538. The molecule has 2 aromatic heterocycles. The maximum atomic E-state index is 12.0. The Morgan fingerprint density at radius 1 is 1.50 bits per heavy atom. The molecule has 2 rings (SSSR count). The van der Waals surface area contributed by atoms with Gasteiger partial charge in [0.25, 0.3) is 5.91 Å². The lowest BCUT2D eigenvalue weighted by molar-refractivity contribution is 0.0953. The van der Waals surface area contributed by atoms with E-state index in [0.717, 1.165) is 16.4 Å². The van der Waals surface area contributed by atoms with Gasteiger partial charge in [-0.2, -0.15) is 0 Å². The highest BCUT2D eigenvalue weighted by molar-refractivity contribution is 7.13. The van der Waals surface area contributed by atoms with Gasteiger partial charge in [-0.05, 0) is 19.1 Å². The Morgan fingerprint density at radius 2 is 2.33 bits per heavy atom. The van der Waals surface area contributed by atoms with Gasteiger partial charge in [0.2, 0.25) is 0 Å². The van der Waals surface area contributed by atoms with Crippen molar-refractivity contribution < 1.29 is 4.79 Å². The van der Waals surface area contributed by atoms with Crippen molar-refractivity contribution in [2.75, 3.05) is 0 Å². The lowest BCUT2D eigenvalue weighted by atomic mass is 10.3. The number of aromatic nitrogens is 2. The summed E-state index contributed by atoms with van der Waals surface area (Å²) in [4.78, 5) is 20.9. The summed E-state index contributed by atoms with van der Waals surface area (Å²) in [6.07, 6.45) is 1.70. The van der Waals surface area contributed by atoms with Gasteiger partial charge < -0.3 is 11.1 Å². The van der Waals surface area contributed by atoms with Gasteiger partial charge in [0.05, 0.1) is 17.9 Å². The fourth-order valence-corrected chi connectivity index (χ4v) is 2.36. The molecule has 0 atom stereocenters. The molecule has 0 spiro atoms. The molecule has 0 saturated carbocycles. The van der Waals surface area contributed by atoms with Crippen molar-refractivity contribution in [2.45, 2.75) is 20.0 Å². The number of amides is 1. The Labute approximate surface area is 109 Å². The lowest BCUT2D eigenvalue weighted by Crippen LogP contribution is -2.23. The number of hydrogen-bond donors (Lipinski definition) is 2. The molecule has 0 aliphatic carbocycles. The Morgan fingerprint density at radius 3 is 2.94 bits per heavy atom. The molecule has 0 saturated heterocycles. The second-order valence-electron chi connectivity index (χ2n) is 3.73. The van der Waals surface area contributed by atoms with E-state index in [1.807, 2.05) is 25.1 Å². The Hall–Kier alpha value is -1.79. The minimum atomic E-state index is -0.129. The van der Waals surface area contributed by atoms with Gasteiger partial charge in [0, 0.05) is 12.7 Å². The van der Waals surface area contributed by atoms with Crippen LogP contribution in [0.1, 0.15) is 26.1 Å². The number of aryl methyl sites for hydroxylation is 1. The van der Waals surface area contributed by atoms with Crippen LogP contribution in [-0.2, 0) is 13.1 Å². The first-order valence-corrected chi connectivity index (χ1v) is 6.37. The molecule has 0 fully saturated rings. The third-order valence-electron chi connectivity index (χ3n) is 2.38. The smallest absolute Gasteiger partial charge is 0.263 e. The normalized spacial score (nSPS) is 10.3. The zero-order valence-electron chi connectivity index (χ0n) is 10.0. The molecule has 94 valence electrons. The molecular formula is C12H14N4OS. The van der Waals surface area contributed by atoms with Crippen molar-refractivity contribution in [1.29, 1.82) is 0 Å². The van der Waals surface area contributed by atoms with Gasteiger partial charge in [0.15, 0.2) is 0 Å². The molecule has 5 nitrogen and oxygen atoms in total. The van der Waals surface area contributed by atoms with Crippen LogP contribution in [-0.4, -0.2) is 15.9 Å². The van der Waals surface area contributed by atoms with Crippen LogP contribution in [0.2, 0.25) is 0 Å². The van der Waals surface area contributed by atoms with E-state index in [0.29, 0.717) is 18.0 Å². The zero-order chi connectivity index (χ0) is 13.0. The maximum absolute atomic E-state index is 12.0. The fraction of sp³-hybridized carbons (Fsp3) is 0.250. The van der Waals surface area contributed by atoms with E-state index in [9.17, 15) is 4.79 Å². The third-order valence-corrected chi connectivity index (χ3v) is 3.56. The number of carbonyl (C=O) groups excluding carboxylic acids is 1. The summed E-state index contributed by atoms with van der Waals surface area (Å²) < 4.78 is 0. The molecule has 2 heterocycles. The minimum absolute atomic E-state index is 0.129. The van der Waals surface area contributed by atoms with E-state index < -0.39 is 0 Å². The van der Waals surface area contributed by atoms with Crippen LogP contribution in [0, 0.1) is 6.92 Å². The van der Waals surface area contributed by atoms with Crippen LogP contribution in [0.25, 0.3) is 0 Å². The summed E-state index contributed by atoms with van der Waals surface area (Å²) in [6, 6.07) is 5.59. The summed E-state index contributed by atoms with van der Waals surface area (Å²) in [5.74, 6) is -0.129. The van der Waals surface area contributed by atoms with Gasteiger partial charge in [-0.1, -0.05) is 6.07 Å². The first-order valence-electron chi connectivity index (χ1n) is 5.55. The van der Waals surface area contributed by atoms with Gasteiger partial charge in [-0.3, -0.25) is 9.78 Å². The van der Waals surface area contributed by atoms with Crippen molar-refractivity contribution >= 4 is 17.2 Å². The fourth-order valence-electron chi connectivity index (χ4n) is 1.50. The zero-order valence-corrected chi connectivity index (χ0v) is 10.8. The predicted octanol–water partition coefficient (Wildman–Crippen LogP) is 1.24. The van der Waals surface area contributed by atoms with Gasteiger partial charge in [0.1, 0.15) is 9.88 Å². The lowest BCUT2D eigenvalue weighted by Gasteiger charge is -2.03. The molecule has 0 bridgehead atoms. The highest BCUT2D eigenvalue weighted by atomic mass is 32.1. The first-order chi connectivity index (χ1) is 8.70. The van der Waals surface area contributed by atoms with Gasteiger partial charge in [-0.15, -0.1) is 11.3 Å². The second kappa shape index (κ2) is 5.70. The number of nitrogens with two attached hydrogens (primary N) is 1. The number of pyridine rings is 1. The molecule has 0 aromatic carbocycles. The predicted molar refractivity (Wildman–Crippen MR) is 70.1 cm³/mol. The molecule has 18 heavy (non-hydrogen) atoms. The van der Waals surface area contributed by atoms with E-state index in [2.05, 4.69) is 15.3 Å². The van der Waals surface area contributed by atoms with Crippen molar-refractivity contribution in [3.63, 3.8) is 0 Å². The number of thiazole rings is 1. The molecule has 0 aliphatic rings. The number of rotatable bonds is 4. The van der Waals surface area contributed by atoms with E-state index >= 15 is 0 Å². The number of hydrogen-bond acceptors (Lipinski definition) is 5. The monoisotopic (exact) mass is 262 g/mol. The van der Waals surface area contributed by atoms with Crippen molar-refractivity contribution in [1.82, 2.24) is 15.3 Å². The largest absolute Gasteiger partial charge is 0.346 e. The maximum Gasteiger partial charge on any atom is 0.263 e. The molecular weight excluding hydrogens is 248 g/mol. The second-order valence-corrected chi connectivity index (χ2v) is 4.81. The summed E-state index contributed by atoms with van der Waals surface area (Å²) >= 11 is 1.33. The van der Waals surface area contributed by atoms with Crippen molar-refractivity contribution in [3.05, 3.63) is 45.7 Å². The molecule has 0 radical (unpaired) electrons. The van der Waals surface area contributed by atoms with Crippen LogP contribution >= 0.6 is 11.3 Å². The van der Waals surface area contributed by atoms with Gasteiger partial charge in [-0.25, -0.2) is 4.98 Å². The summed E-state index contributed by atoms with van der Waals surface area (Å²) in [5, 5.41) is 3.60. The molecule has 6 heteroatoms. The van der Waals surface area contributed by atoms with Crippen LogP contribution < -0.4 is 11.1 Å². The Balaban J connectivity index is 2.01. The van der Waals surface area contributed by atoms with Crippen molar-refractivity contribution in [2.24, 2.45) is 5.73 Å². The molecule has 0 unspecified atom stereocenters. The van der Waals surface area contributed by atoms with E-state index in [1.54, 1.807) is 6.20 Å². The first kappa shape index (κ1) is 12.7. The molecule has 0 aliphatic heterocycles. The van der Waals surface area contributed by atoms with Crippen molar-refractivity contribution in [3.8, 4) is 0 Å². The SMILES string of the molecule is Cc1nc(CN)sc1C(=O)NCc1ccccn1. The van der Waals surface area contributed by atoms with E-state index in [1.165, 1.54) is 11.3 Å².